The summed E-state index contributed by atoms with van der Waals surface area (Å²) in [6.45, 7) is 0. The maximum Gasteiger partial charge on any atom is 0.0831 e. The molecule has 0 saturated carbocycles. The van der Waals surface area contributed by atoms with E-state index in [1.807, 2.05) is 46.2 Å². The number of anilines is 6. The normalized spacial score (nSPS) is 13.9. The molecule has 15 rings (SSSR count). The minimum atomic E-state index is -0.616. The van der Waals surface area contributed by atoms with Crippen LogP contribution in [0.3, 0.4) is 0 Å². The van der Waals surface area contributed by atoms with E-state index in [0.717, 1.165) is 34.1 Å². The Bertz CT molecular complexity index is 3620. The number of nitrogens with zero attached hydrogens (tertiary/aromatic N) is 2. The summed E-state index contributed by atoms with van der Waals surface area (Å²) in [5.41, 5.74) is 16.0. The molecule has 6 heteroatoms. The zero-order chi connectivity index (χ0) is 50.2. The van der Waals surface area contributed by atoms with Crippen molar-refractivity contribution in [2.45, 2.75) is 30.4 Å². The standard InChI is InChI=1S/C70H46N2S4/c1-5-21-49(22-6-1)71(50-23-7-2-8-24-50)53-41-37-47(38-42-53)65-45-59-67(75-65)70(57-31-15-19-35-63(57)74-64-36-20-16-32-58(64)70)60-46-66(76-68(60)69(59)55-29-13-17-33-61(55)73-62-34-18-14-30-56(62)69)48-39-43-54(44-40-48)72(51-25-9-3-10-26-51)52-27-11-4-12-28-52/h1-46H. The van der Waals surface area contributed by atoms with E-state index in [9.17, 15) is 0 Å². The van der Waals surface area contributed by atoms with Gasteiger partial charge in [0.25, 0.3) is 0 Å². The van der Waals surface area contributed by atoms with Crippen molar-refractivity contribution in [2.75, 3.05) is 9.80 Å². The predicted octanol–water partition coefficient (Wildman–Crippen LogP) is 20.1. The van der Waals surface area contributed by atoms with Gasteiger partial charge in [0, 0.05) is 73.2 Å². The van der Waals surface area contributed by atoms with Crippen LogP contribution < -0.4 is 9.80 Å². The fraction of sp³-hybridized carbons (Fsp3) is 0.0286. The van der Waals surface area contributed by atoms with Gasteiger partial charge in [-0.15, -0.1) is 22.7 Å². The number of hydrogen-bond donors (Lipinski definition) is 0. The quantitative estimate of drug-likeness (QED) is 0.150. The summed E-state index contributed by atoms with van der Waals surface area (Å²) in [5.74, 6) is 0. The van der Waals surface area contributed by atoms with Gasteiger partial charge in [0.1, 0.15) is 0 Å². The highest BCUT2D eigenvalue weighted by Crippen LogP contribution is 2.70. The Hall–Kier alpha value is -8.10. The van der Waals surface area contributed by atoms with Gasteiger partial charge in [-0.2, -0.15) is 0 Å². The summed E-state index contributed by atoms with van der Waals surface area (Å²) < 4.78 is 0. The van der Waals surface area contributed by atoms with E-state index >= 15 is 0 Å². The molecule has 2 nitrogen and oxygen atoms in total. The first-order valence-electron chi connectivity index (χ1n) is 25.7. The maximum absolute atomic E-state index is 2.60. The van der Waals surface area contributed by atoms with Gasteiger partial charge < -0.3 is 9.80 Å². The van der Waals surface area contributed by atoms with E-state index in [4.69, 9.17) is 0 Å². The molecular weight excluding hydrogens is 997 g/mol. The Kier molecular flexibility index (Phi) is 10.9. The lowest BCUT2D eigenvalue weighted by Crippen LogP contribution is -2.45. The molecule has 0 fully saturated rings. The zero-order valence-corrected chi connectivity index (χ0v) is 44.4. The molecule has 76 heavy (non-hydrogen) atoms. The highest BCUT2D eigenvalue weighted by atomic mass is 32.2. The third kappa shape index (κ3) is 6.95. The molecule has 2 spiro atoms. The first-order chi connectivity index (χ1) is 37.7. The van der Waals surface area contributed by atoms with Crippen molar-refractivity contribution in [2.24, 2.45) is 0 Å². The van der Waals surface area contributed by atoms with E-state index in [1.165, 1.54) is 83.6 Å². The Morgan fingerprint density at radius 2 is 0.487 bits per heavy atom. The Morgan fingerprint density at radius 1 is 0.237 bits per heavy atom. The van der Waals surface area contributed by atoms with Crippen LogP contribution in [-0.2, 0) is 10.8 Å². The molecule has 0 unspecified atom stereocenters. The Morgan fingerprint density at radius 3 is 0.776 bits per heavy atom. The van der Waals surface area contributed by atoms with E-state index in [-0.39, 0.29) is 0 Å². The molecule has 10 aromatic carbocycles. The van der Waals surface area contributed by atoms with Gasteiger partial charge in [-0.05, 0) is 154 Å². The largest absolute Gasteiger partial charge is 0.311 e. The lowest BCUT2D eigenvalue weighted by atomic mass is 9.55. The van der Waals surface area contributed by atoms with Gasteiger partial charge in [-0.1, -0.05) is 193 Å². The smallest absolute Gasteiger partial charge is 0.0831 e. The number of benzene rings is 10. The van der Waals surface area contributed by atoms with E-state index < -0.39 is 10.8 Å². The minimum Gasteiger partial charge on any atom is -0.311 e. The van der Waals surface area contributed by atoms with Crippen LogP contribution in [0.1, 0.15) is 43.1 Å². The lowest BCUT2D eigenvalue weighted by molar-refractivity contribution is 0.609. The van der Waals surface area contributed by atoms with Crippen molar-refractivity contribution in [1.29, 1.82) is 0 Å². The first kappa shape index (κ1) is 45.3. The first-order valence-corrected chi connectivity index (χ1v) is 29.0. The predicted molar refractivity (Wildman–Crippen MR) is 321 cm³/mol. The van der Waals surface area contributed by atoms with Crippen LogP contribution >= 0.6 is 46.2 Å². The highest BCUT2D eigenvalue weighted by molar-refractivity contribution is 7.99. The van der Waals surface area contributed by atoms with Crippen molar-refractivity contribution in [1.82, 2.24) is 0 Å². The van der Waals surface area contributed by atoms with E-state index in [2.05, 4.69) is 289 Å². The molecular formula is C70H46N2S4. The minimum absolute atomic E-state index is 0.616. The molecule has 1 aliphatic carbocycles. The number of fused-ring (bicyclic) bond motifs is 14. The van der Waals surface area contributed by atoms with Gasteiger partial charge in [-0.3, -0.25) is 0 Å². The molecule has 2 aromatic heterocycles. The maximum atomic E-state index is 2.60. The summed E-state index contributed by atoms with van der Waals surface area (Å²) in [6, 6.07) is 104. The van der Waals surface area contributed by atoms with Crippen LogP contribution in [-0.4, -0.2) is 0 Å². The van der Waals surface area contributed by atoms with Gasteiger partial charge in [0.2, 0.25) is 0 Å². The Balaban J connectivity index is 0.986. The highest BCUT2D eigenvalue weighted by Gasteiger charge is 2.60. The molecule has 360 valence electrons. The summed E-state index contributed by atoms with van der Waals surface area (Å²) in [6.07, 6.45) is 0. The van der Waals surface area contributed by atoms with Crippen LogP contribution in [0.15, 0.2) is 299 Å². The van der Waals surface area contributed by atoms with Crippen LogP contribution in [0.4, 0.5) is 34.1 Å². The zero-order valence-electron chi connectivity index (χ0n) is 41.1. The van der Waals surface area contributed by atoms with Crippen molar-refractivity contribution >= 4 is 80.3 Å². The van der Waals surface area contributed by atoms with Crippen LogP contribution in [0, 0.1) is 0 Å². The molecule has 0 amide bonds. The number of hydrogen-bond acceptors (Lipinski definition) is 6. The topological polar surface area (TPSA) is 6.48 Å². The van der Waals surface area contributed by atoms with Crippen LogP contribution in [0.5, 0.6) is 0 Å². The van der Waals surface area contributed by atoms with Crippen molar-refractivity contribution in [3.63, 3.8) is 0 Å². The second kappa shape index (κ2) is 18.3. The van der Waals surface area contributed by atoms with Gasteiger partial charge in [0.15, 0.2) is 0 Å². The average Bonchev–Trinajstić information content (AvgIpc) is 4.33. The number of thiophene rings is 2. The molecule has 0 radical (unpaired) electrons. The van der Waals surface area contributed by atoms with Gasteiger partial charge >= 0.3 is 0 Å². The molecule has 4 heterocycles. The van der Waals surface area contributed by atoms with Crippen molar-refractivity contribution < 1.29 is 0 Å². The van der Waals surface area contributed by atoms with Crippen LogP contribution in [0.2, 0.25) is 0 Å². The monoisotopic (exact) mass is 1040 g/mol. The third-order valence-corrected chi connectivity index (χ3v) is 20.3. The lowest BCUT2D eigenvalue weighted by Gasteiger charge is -2.51. The SMILES string of the molecule is c1ccc(N(c2ccccc2)c2ccc(-c3cc4c(s3)C3(c5ccccc5Sc5ccccc53)c3cc(-c5ccc(N(c6ccccc6)c6ccccc6)cc5)sc3C43c4ccccc4Sc4ccccc43)cc2)cc1. The van der Waals surface area contributed by atoms with Crippen molar-refractivity contribution in [3.05, 3.63) is 322 Å². The number of para-hydroxylation sites is 4. The van der Waals surface area contributed by atoms with E-state index in [0.29, 0.717) is 0 Å². The summed E-state index contributed by atoms with van der Waals surface area (Å²) in [7, 11) is 0. The molecule has 0 N–H and O–H groups in total. The summed E-state index contributed by atoms with van der Waals surface area (Å²) in [5, 5.41) is 0. The molecule has 3 aliphatic rings. The molecule has 12 aromatic rings. The molecule has 0 atom stereocenters. The fourth-order valence-corrected chi connectivity index (χ4v) is 17.5. The molecule has 0 bridgehead atoms. The second-order valence-electron chi connectivity index (χ2n) is 19.5. The Labute approximate surface area is 460 Å². The van der Waals surface area contributed by atoms with Gasteiger partial charge in [0.05, 0.1) is 10.8 Å². The molecule has 2 aliphatic heterocycles. The molecule has 0 saturated heterocycles. The summed E-state index contributed by atoms with van der Waals surface area (Å²) >= 11 is 7.78. The van der Waals surface area contributed by atoms with E-state index in [1.54, 1.807) is 0 Å². The summed E-state index contributed by atoms with van der Waals surface area (Å²) in [4.78, 5) is 15.2. The number of rotatable bonds is 8. The van der Waals surface area contributed by atoms with Gasteiger partial charge in [-0.25, -0.2) is 0 Å². The van der Waals surface area contributed by atoms with Crippen LogP contribution in [0.25, 0.3) is 20.9 Å². The second-order valence-corrected chi connectivity index (χ2v) is 23.8. The fourth-order valence-electron chi connectivity index (χ4n) is 12.2. The third-order valence-electron chi connectivity index (χ3n) is 15.4. The average molecular weight is 1040 g/mol. The van der Waals surface area contributed by atoms with Crippen molar-refractivity contribution in [3.8, 4) is 20.9 Å².